The number of aromatic nitrogens is 1. The SMILES string of the molecule is N#CCN1CCN(c2ncc([N+](=O)[O-])s2)CC1. The maximum absolute atomic E-state index is 10.5. The standard InChI is InChI=1S/C9H11N5O2S/c10-1-2-12-3-5-13(6-4-12)9-11-7-8(17-9)14(15)16/h7H,2-6H2. The van der Waals surface area contributed by atoms with E-state index < -0.39 is 4.92 Å². The summed E-state index contributed by atoms with van der Waals surface area (Å²) in [6.07, 6.45) is 1.29. The van der Waals surface area contributed by atoms with Gasteiger partial charge in [-0.2, -0.15) is 5.26 Å². The maximum Gasteiger partial charge on any atom is 0.345 e. The van der Waals surface area contributed by atoms with Gasteiger partial charge in [-0.25, -0.2) is 4.98 Å². The molecule has 2 rings (SSSR count). The van der Waals surface area contributed by atoms with Crippen molar-refractivity contribution in [1.82, 2.24) is 9.88 Å². The molecule has 1 aromatic heterocycles. The molecule has 2 heterocycles. The van der Waals surface area contributed by atoms with Crippen LogP contribution in [0.5, 0.6) is 0 Å². The minimum absolute atomic E-state index is 0.0689. The van der Waals surface area contributed by atoms with Crippen molar-refractivity contribution in [2.24, 2.45) is 0 Å². The molecule has 90 valence electrons. The molecule has 0 spiro atoms. The van der Waals surface area contributed by atoms with Crippen molar-refractivity contribution in [3.63, 3.8) is 0 Å². The van der Waals surface area contributed by atoms with E-state index in [4.69, 9.17) is 5.26 Å². The Morgan fingerprint density at radius 1 is 1.53 bits per heavy atom. The summed E-state index contributed by atoms with van der Waals surface area (Å²) in [4.78, 5) is 18.2. The van der Waals surface area contributed by atoms with E-state index in [-0.39, 0.29) is 5.00 Å². The van der Waals surface area contributed by atoms with Crippen LogP contribution < -0.4 is 4.90 Å². The topological polar surface area (TPSA) is 86.3 Å². The van der Waals surface area contributed by atoms with Crippen LogP contribution in [0.1, 0.15) is 0 Å². The normalized spacial score (nSPS) is 16.8. The number of piperazine rings is 1. The number of hydrogen-bond donors (Lipinski definition) is 0. The summed E-state index contributed by atoms with van der Waals surface area (Å²) in [6, 6.07) is 2.12. The number of hydrogen-bond acceptors (Lipinski definition) is 7. The van der Waals surface area contributed by atoms with Gasteiger partial charge in [0.15, 0.2) is 5.13 Å². The lowest BCUT2D eigenvalue weighted by Gasteiger charge is -2.32. The first kappa shape index (κ1) is 11.8. The number of anilines is 1. The van der Waals surface area contributed by atoms with Gasteiger partial charge in [-0.1, -0.05) is 0 Å². The summed E-state index contributed by atoms with van der Waals surface area (Å²) in [5, 5.41) is 19.9. The molecule has 0 unspecified atom stereocenters. The number of rotatable bonds is 3. The first-order chi connectivity index (χ1) is 8.20. The first-order valence-electron chi connectivity index (χ1n) is 5.15. The van der Waals surface area contributed by atoms with Crippen molar-refractivity contribution in [3.8, 4) is 6.07 Å². The summed E-state index contributed by atoms with van der Waals surface area (Å²) in [7, 11) is 0. The molecule has 0 atom stereocenters. The van der Waals surface area contributed by atoms with Crippen molar-refractivity contribution in [2.75, 3.05) is 37.6 Å². The monoisotopic (exact) mass is 253 g/mol. The lowest BCUT2D eigenvalue weighted by Crippen LogP contribution is -2.46. The fourth-order valence-corrected chi connectivity index (χ4v) is 2.47. The molecule has 0 amide bonds. The van der Waals surface area contributed by atoms with Crippen molar-refractivity contribution >= 4 is 21.5 Å². The van der Waals surface area contributed by atoms with Crippen molar-refractivity contribution in [1.29, 1.82) is 5.26 Å². The second-order valence-electron chi connectivity index (χ2n) is 3.66. The number of nitrogens with zero attached hydrogens (tertiary/aromatic N) is 5. The molecule has 0 aliphatic carbocycles. The highest BCUT2D eigenvalue weighted by atomic mass is 32.1. The average Bonchev–Trinajstić information content (AvgIpc) is 2.80. The van der Waals surface area contributed by atoms with Crippen LogP contribution in [0.25, 0.3) is 0 Å². The van der Waals surface area contributed by atoms with Crippen LogP contribution in [-0.4, -0.2) is 47.5 Å². The third-order valence-electron chi connectivity index (χ3n) is 2.60. The van der Waals surface area contributed by atoms with Crippen LogP contribution in [0.2, 0.25) is 0 Å². The van der Waals surface area contributed by atoms with Crippen LogP contribution in [0.4, 0.5) is 10.1 Å². The van der Waals surface area contributed by atoms with Crippen LogP contribution >= 0.6 is 11.3 Å². The van der Waals surface area contributed by atoms with Crippen molar-refractivity contribution < 1.29 is 4.92 Å². The molecule has 8 heteroatoms. The van der Waals surface area contributed by atoms with E-state index in [1.807, 2.05) is 4.90 Å². The van der Waals surface area contributed by atoms with E-state index in [1.165, 1.54) is 6.20 Å². The summed E-state index contributed by atoms with van der Waals surface area (Å²) in [5.41, 5.74) is 0. The molecular weight excluding hydrogens is 242 g/mol. The van der Waals surface area contributed by atoms with Crippen LogP contribution in [0.3, 0.4) is 0 Å². The number of nitro groups is 1. The van der Waals surface area contributed by atoms with Gasteiger partial charge in [-0.05, 0) is 11.3 Å². The molecule has 1 aliphatic heterocycles. The zero-order valence-corrected chi connectivity index (χ0v) is 9.89. The first-order valence-corrected chi connectivity index (χ1v) is 5.97. The van der Waals surface area contributed by atoms with E-state index in [2.05, 4.69) is 16.0 Å². The molecule has 0 aromatic carbocycles. The Balaban J connectivity index is 1.96. The third kappa shape index (κ3) is 2.69. The minimum atomic E-state index is -0.424. The smallest absolute Gasteiger partial charge is 0.345 e. The Kier molecular flexibility index (Phi) is 3.51. The van der Waals surface area contributed by atoms with Gasteiger partial charge in [0.1, 0.15) is 6.20 Å². The van der Waals surface area contributed by atoms with Crippen molar-refractivity contribution in [3.05, 3.63) is 16.3 Å². The molecule has 1 fully saturated rings. The van der Waals surface area contributed by atoms with Gasteiger partial charge in [0, 0.05) is 26.2 Å². The molecule has 0 saturated carbocycles. The quantitative estimate of drug-likeness (QED) is 0.447. The van der Waals surface area contributed by atoms with E-state index in [0.717, 1.165) is 37.5 Å². The Labute approximate surface area is 102 Å². The predicted molar refractivity (Wildman–Crippen MR) is 63.0 cm³/mol. The molecule has 1 aliphatic rings. The lowest BCUT2D eigenvalue weighted by atomic mass is 10.3. The fraction of sp³-hybridized carbons (Fsp3) is 0.556. The summed E-state index contributed by atoms with van der Waals surface area (Å²) in [6.45, 7) is 3.53. The molecule has 0 radical (unpaired) electrons. The second kappa shape index (κ2) is 5.07. The highest BCUT2D eigenvalue weighted by Crippen LogP contribution is 2.28. The lowest BCUT2D eigenvalue weighted by molar-refractivity contribution is -0.380. The molecule has 17 heavy (non-hydrogen) atoms. The zero-order valence-electron chi connectivity index (χ0n) is 9.07. The Morgan fingerprint density at radius 3 is 2.76 bits per heavy atom. The van der Waals surface area contributed by atoms with Gasteiger partial charge < -0.3 is 4.90 Å². The van der Waals surface area contributed by atoms with Crippen LogP contribution in [0, 0.1) is 21.4 Å². The summed E-state index contributed by atoms with van der Waals surface area (Å²) < 4.78 is 0. The van der Waals surface area contributed by atoms with E-state index in [0.29, 0.717) is 11.7 Å². The maximum atomic E-state index is 10.5. The zero-order chi connectivity index (χ0) is 12.3. The van der Waals surface area contributed by atoms with E-state index in [9.17, 15) is 10.1 Å². The molecule has 0 bridgehead atoms. The van der Waals surface area contributed by atoms with Crippen LogP contribution in [-0.2, 0) is 0 Å². The second-order valence-corrected chi connectivity index (χ2v) is 4.65. The van der Waals surface area contributed by atoms with Crippen LogP contribution in [0.15, 0.2) is 6.20 Å². The molecule has 7 nitrogen and oxygen atoms in total. The van der Waals surface area contributed by atoms with Gasteiger partial charge in [0.2, 0.25) is 0 Å². The number of thiazole rings is 1. The highest BCUT2D eigenvalue weighted by Gasteiger charge is 2.21. The van der Waals surface area contributed by atoms with E-state index >= 15 is 0 Å². The fourth-order valence-electron chi connectivity index (χ4n) is 1.68. The highest BCUT2D eigenvalue weighted by molar-refractivity contribution is 7.18. The summed E-state index contributed by atoms with van der Waals surface area (Å²) in [5.74, 6) is 0. The Hall–Kier alpha value is -1.72. The van der Waals surface area contributed by atoms with Gasteiger partial charge in [-0.3, -0.25) is 15.0 Å². The van der Waals surface area contributed by atoms with Gasteiger partial charge in [0.05, 0.1) is 17.5 Å². The number of nitriles is 1. The molecule has 1 saturated heterocycles. The molecule has 0 N–H and O–H groups in total. The van der Waals surface area contributed by atoms with Gasteiger partial charge in [0.25, 0.3) is 0 Å². The molecular formula is C9H11N5O2S. The third-order valence-corrected chi connectivity index (χ3v) is 3.61. The predicted octanol–water partition coefficient (Wildman–Crippen LogP) is 0.697. The largest absolute Gasteiger partial charge is 0.345 e. The minimum Gasteiger partial charge on any atom is -0.345 e. The Morgan fingerprint density at radius 2 is 2.24 bits per heavy atom. The van der Waals surface area contributed by atoms with Crippen molar-refractivity contribution in [2.45, 2.75) is 0 Å². The van der Waals surface area contributed by atoms with Gasteiger partial charge >= 0.3 is 5.00 Å². The van der Waals surface area contributed by atoms with Gasteiger partial charge in [-0.15, -0.1) is 0 Å². The average molecular weight is 253 g/mol. The van der Waals surface area contributed by atoms with E-state index in [1.54, 1.807) is 0 Å². The summed E-state index contributed by atoms with van der Waals surface area (Å²) >= 11 is 1.09. The molecule has 1 aromatic rings. The Bertz CT molecular complexity index is 446.